The molecule has 2 nitrogen and oxygen atoms in total. The Balaban J connectivity index is 2.47. The summed E-state index contributed by atoms with van der Waals surface area (Å²) < 4.78 is 0. The van der Waals surface area contributed by atoms with E-state index >= 15 is 0 Å². The van der Waals surface area contributed by atoms with Gasteiger partial charge in [-0.2, -0.15) is 0 Å². The van der Waals surface area contributed by atoms with Gasteiger partial charge in [0.15, 0.2) is 0 Å². The zero-order chi connectivity index (χ0) is 11.8. The summed E-state index contributed by atoms with van der Waals surface area (Å²) in [6.07, 6.45) is 7.43. The van der Waals surface area contributed by atoms with Crippen LogP contribution in [0.15, 0.2) is 24.3 Å². The van der Waals surface area contributed by atoms with Crippen molar-refractivity contribution in [1.29, 1.82) is 0 Å². The van der Waals surface area contributed by atoms with E-state index < -0.39 is 0 Å². The Morgan fingerprint density at radius 2 is 2.25 bits per heavy atom. The molecule has 0 atom stereocenters. The van der Waals surface area contributed by atoms with Crippen LogP contribution in [0.2, 0.25) is 0 Å². The predicted molar refractivity (Wildman–Crippen MR) is 67.6 cm³/mol. The maximum atomic E-state index is 11.5. The molecule has 0 saturated carbocycles. The molecular weight excluding hydrogens is 222 g/mol. The van der Waals surface area contributed by atoms with Crippen LogP contribution in [0, 0.1) is 12.3 Å². The molecule has 16 heavy (non-hydrogen) atoms. The number of alkyl halides is 1. The minimum absolute atomic E-state index is 0.000659. The van der Waals surface area contributed by atoms with Crippen molar-refractivity contribution in [2.75, 3.05) is 11.2 Å². The Bertz CT molecular complexity index is 395. The van der Waals surface area contributed by atoms with Crippen LogP contribution < -0.4 is 5.32 Å². The Kier molecular flexibility index (Phi) is 5.45. The number of rotatable bonds is 5. The molecule has 0 radical (unpaired) electrons. The average molecular weight is 236 g/mol. The van der Waals surface area contributed by atoms with Crippen LogP contribution in [0.4, 0.5) is 5.69 Å². The smallest absolute Gasteiger partial charge is 0.224 e. The molecule has 1 N–H and O–H groups in total. The molecule has 1 rings (SSSR count). The van der Waals surface area contributed by atoms with Crippen molar-refractivity contribution in [2.45, 2.75) is 19.3 Å². The largest absolute Gasteiger partial charge is 0.326 e. The van der Waals surface area contributed by atoms with Crippen LogP contribution in [0.1, 0.15) is 24.8 Å². The zero-order valence-corrected chi connectivity index (χ0v) is 9.76. The average Bonchev–Trinajstić information content (AvgIpc) is 2.29. The summed E-state index contributed by atoms with van der Waals surface area (Å²) >= 11 is 5.53. The van der Waals surface area contributed by atoms with Gasteiger partial charge >= 0.3 is 0 Å². The van der Waals surface area contributed by atoms with E-state index in [1.165, 1.54) is 0 Å². The highest BCUT2D eigenvalue weighted by Crippen LogP contribution is 2.10. The summed E-state index contributed by atoms with van der Waals surface area (Å²) in [5.41, 5.74) is 1.50. The van der Waals surface area contributed by atoms with Gasteiger partial charge in [0, 0.05) is 23.6 Å². The highest BCUT2D eigenvalue weighted by atomic mass is 35.5. The minimum atomic E-state index is -0.000659. The molecule has 0 aliphatic rings. The number of benzene rings is 1. The van der Waals surface area contributed by atoms with Gasteiger partial charge in [0.1, 0.15) is 0 Å². The first-order valence-electron chi connectivity index (χ1n) is 5.18. The number of carbonyl (C=O) groups excluding carboxylic acids is 1. The van der Waals surface area contributed by atoms with E-state index in [1.54, 1.807) is 6.07 Å². The lowest BCUT2D eigenvalue weighted by molar-refractivity contribution is -0.116. The second-order valence-electron chi connectivity index (χ2n) is 3.42. The van der Waals surface area contributed by atoms with Crippen LogP contribution in [-0.4, -0.2) is 11.8 Å². The van der Waals surface area contributed by atoms with Gasteiger partial charge in [0.2, 0.25) is 5.91 Å². The summed E-state index contributed by atoms with van der Waals surface area (Å²) in [7, 11) is 0. The third-order valence-corrected chi connectivity index (χ3v) is 2.37. The number of hydrogen-bond acceptors (Lipinski definition) is 1. The van der Waals surface area contributed by atoms with E-state index in [0.29, 0.717) is 12.3 Å². The first-order chi connectivity index (χ1) is 7.76. The zero-order valence-electron chi connectivity index (χ0n) is 9.00. The Morgan fingerprint density at radius 3 is 2.94 bits per heavy atom. The van der Waals surface area contributed by atoms with E-state index in [2.05, 4.69) is 11.2 Å². The maximum Gasteiger partial charge on any atom is 0.224 e. The number of nitrogens with one attached hydrogen (secondary N) is 1. The van der Waals surface area contributed by atoms with E-state index in [4.69, 9.17) is 18.0 Å². The quantitative estimate of drug-likeness (QED) is 0.475. The third kappa shape index (κ3) is 4.37. The van der Waals surface area contributed by atoms with E-state index in [1.807, 2.05) is 18.2 Å². The number of unbranched alkanes of at least 4 members (excludes halogenated alkanes) is 1. The van der Waals surface area contributed by atoms with E-state index in [-0.39, 0.29) is 5.91 Å². The maximum absolute atomic E-state index is 11.5. The normalized spacial score (nSPS) is 9.50. The first kappa shape index (κ1) is 12.6. The summed E-state index contributed by atoms with van der Waals surface area (Å²) in [4.78, 5) is 11.5. The van der Waals surface area contributed by atoms with Crippen LogP contribution in [0.25, 0.3) is 0 Å². The topological polar surface area (TPSA) is 29.1 Å². The minimum Gasteiger partial charge on any atom is -0.326 e. The molecule has 1 amide bonds. The second kappa shape index (κ2) is 6.92. The number of amides is 1. The molecule has 1 aromatic rings. The number of hydrogen-bond donors (Lipinski definition) is 1. The molecule has 0 aromatic heterocycles. The number of terminal acetylenes is 1. The van der Waals surface area contributed by atoms with Gasteiger partial charge < -0.3 is 5.32 Å². The fraction of sp³-hybridized carbons (Fsp3) is 0.308. The van der Waals surface area contributed by atoms with Gasteiger partial charge in [-0.3, -0.25) is 4.79 Å². The Labute approximate surface area is 101 Å². The molecule has 0 fully saturated rings. The van der Waals surface area contributed by atoms with Crippen LogP contribution in [0.3, 0.4) is 0 Å². The van der Waals surface area contributed by atoms with E-state index in [9.17, 15) is 4.79 Å². The van der Waals surface area contributed by atoms with Gasteiger partial charge in [0.05, 0.1) is 0 Å². The molecule has 84 valence electrons. The summed E-state index contributed by atoms with van der Waals surface area (Å²) in [5.74, 6) is 3.12. The molecule has 0 aliphatic carbocycles. The molecule has 0 saturated heterocycles. The van der Waals surface area contributed by atoms with Crippen molar-refractivity contribution < 1.29 is 4.79 Å². The predicted octanol–water partition coefficient (Wildman–Crippen LogP) is 3.02. The van der Waals surface area contributed by atoms with Crippen molar-refractivity contribution in [3.05, 3.63) is 29.8 Å². The van der Waals surface area contributed by atoms with Gasteiger partial charge in [0.25, 0.3) is 0 Å². The summed E-state index contributed by atoms with van der Waals surface area (Å²) in [6, 6.07) is 7.24. The Hall–Kier alpha value is -1.46. The molecule has 1 aromatic carbocycles. The lowest BCUT2D eigenvalue weighted by Crippen LogP contribution is -2.11. The fourth-order valence-corrected chi connectivity index (χ4v) is 1.48. The van der Waals surface area contributed by atoms with Gasteiger partial charge in [-0.25, -0.2) is 0 Å². The SMILES string of the molecule is C#Cc1cccc(NC(=O)CCCCCl)c1. The molecule has 0 aliphatic heterocycles. The van der Waals surface area contributed by atoms with Crippen molar-refractivity contribution in [2.24, 2.45) is 0 Å². The van der Waals surface area contributed by atoms with Crippen molar-refractivity contribution >= 4 is 23.2 Å². The van der Waals surface area contributed by atoms with Gasteiger partial charge in [-0.15, -0.1) is 18.0 Å². The lowest BCUT2D eigenvalue weighted by Gasteiger charge is -2.04. The lowest BCUT2D eigenvalue weighted by atomic mass is 10.2. The molecule has 0 heterocycles. The molecular formula is C13H14ClNO. The highest BCUT2D eigenvalue weighted by molar-refractivity contribution is 6.17. The molecule has 0 bridgehead atoms. The number of halogens is 1. The summed E-state index contributed by atoms with van der Waals surface area (Å²) in [6.45, 7) is 0. The van der Waals surface area contributed by atoms with Gasteiger partial charge in [-0.05, 0) is 31.0 Å². The summed E-state index contributed by atoms with van der Waals surface area (Å²) in [5, 5.41) is 2.80. The fourth-order valence-electron chi connectivity index (χ4n) is 1.29. The van der Waals surface area contributed by atoms with E-state index in [0.717, 1.165) is 24.1 Å². The van der Waals surface area contributed by atoms with Gasteiger partial charge in [-0.1, -0.05) is 12.0 Å². The van der Waals surface area contributed by atoms with Crippen LogP contribution >= 0.6 is 11.6 Å². The standard InChI is InChI=1S/C13H14ClNO/c1-2-11-6-5-7-12(10-11)15-13(16)8-3-4-9-14/h1,5-7,10H,3-4,8-9H2,(H,15,16). The number of anilines is 1. The Morgan fingerprint density at radius 1 is 1.44 bits per heavy atom. The van der Waals surface area contributed by atoms with Crippen LogP contribution in [-0.2, 0) is 4.79 Å². The third-order valence-electron chi connectivity index (χ3n) is 2.10. The first-order valence-corrected chi connectivity index (χ1v) is 5.72. The monoisotopic (exact) mass is 235 g/mol. The second-order valence-corrected chi connectivity index (χ2v) is 3.80. The molecule has 0 unspecified atom stereocenters. The van der Waals surface area contributed by atoms with Crippen molar-refractivity contribution in [1.82, 2.24) is 0 Å². The molecule has 0 spiro atoms. The van der Waals surface area contributed by atoms with Crippen LogP contribution in [0.5, 0.6) is 0 Å². The van der Waals surface area contributed by atoms with Crippen molar-refractivity contribution in [3.63, 3.8) is 0 Å². The number of carbonyl (C=O) groups is 1. The van der Waals surface area contributed by atoms with Crippen molar-refractivity contribution in [3.8, 4) is 12.3 Å². The molecule has 3 heteroatoms. The highest BCUT2D eigenvalue weighted by Gasteiger charge is 2.01.